The molecule has 0 amide bonds. The van der Waals surface area contributed by atoms with Gasteiger partial charge in [0.15, 0.2) is 5.54 Å². The Balaban J connectivity index is 3.13. The van der Waals surface area contributed by atoms with E-state index in [1.54, 1.807) is 31.2 Å². The van der Waals surface area contributed by atoms with Crippen molar-refractivity contribution < 1.29 is 15.6 Å². The van der Waals surface area contributed by atoms with Crippen LogP contribution in [-0.4, -0.2) is 5.97 Å². The number of aliphatic carboxylic acids is 1. The van der Waals surface area contributed by atoms with Crippen LogP contribution in [0.3, 0.4) is 0 Å². The van der Waals surface area contributed by atoms with Crippen molar-refractivity contribution in [3.63, 3.8) is 0 Å². The normalized spacial score (nSPS) is 14.8. The van der Waals surface area contributed by atoms with Crippen molar-refractivity contribution in [1.29, 1.82) is 0 Å². The van der Waals surface area contributed by atoms with Gasteiger partial charge < -0.3 is 15.6 Å². The minimum Gasteiger partial charge on any atom is -0.543 e. The fourth-order valence-corrected chi connectivity index (χ4v) is 1.50. The summed E-state index contributed by atoms with van der Waals surface area (Å²) < 4.78 is 0.915. The Kier molecular flexibility index (Phi) is 3.29. The van der Waals surface area contributed by atoms with Gasteiger partial charge in [-0.25, -0.2) is 0 Å². The van der Waals surface area contributed by atoms with Crippen molar-refractivity contribution in [1.82, 2.24) is 0 Å². The molecule has 0 saturated heterocycles. The molecule has 4 heteroatoms. The number of quaternary nitrogens is 1. The smallest absolute Gasteiger partial charge is 0.160 e. The monoisotopic (exact) mass is 257 g/mol. The highest BCUT2D eigenvalue weighted by Gasteiger charge is 2.31. The van der Waals surface area contributed by atoms with Gasteiger partial charge >= 0.3 is 0 Å². The molecule has 0 aromatic heterocycles. The van der Waals surface area contributed by atoms with Gasteiger partial charge in [0, 0.05) is 16.5 Å². The molecule has 0 aliphatic carbocycles. The van der Waals surface area contributed by atoms with E-state index in [9.17, 15) is 9.90 Å². The molecule has 0 unspecified atom stereocenters. The molecular weight excluding hydrogens is 246 g/mol. The Morgan fingerprint density at radius 1 is 1.50 bits per heavy atom. The fraction of sp³-hybridized carbons (Fsp3) is 0.300. The van der Waals surface area contributed by atoms with Crippen LogP contribution in [0, 0.1) is 0 Å². The number of halogens is 1. The van der Waals surface area contributed by atoms with Crippen LogP contribution in [0.5, 0.6) is 0 Å². The average Bonchev–Trinajstić information content (AvgIpc) is 2.17. The predicted molar refractivity (Wildman–Crippen MR) is 54.0 cm³/mol. The van der Waals surface area contributed by atoms with E-state index in [0.717, 1.165) is 4.47 Å². The highest BCUT2D eigenvalue weighted by molar-refractivity contribution is 9.10. The third-order valence-corrected chi connectivity index (χ3v) is 2.92. The van der Waals surface area contributed by atoms with Crippen LogP contribution in [0.25, 0.3) is 0 Å². The molecule has 14 heavy (non-hydrogen) atoms. The van der Waals surface area contributed by atoms with Gasteiger partial charge in [-0.3, -0.25) is 0 Å². The van der Waals surface area contributed by atoms with Gasteiger partial charge in [-0.2, -0.15) is 0 Å². The molecule has 0 bridgehead atoms. The molecule has 1 aromatic carbocycles. The van der Waals surface area contributed by atoms with Gasteiger partial charge in [-0.1, -0.05) is 35.0 Å². The zero-order chi connectivity index (χ0) is 10.8. The number of carboxylic acids is 1. The van der Waals surface area contributed by atoms with Crippen molar-refractivity contribution in [3.05, 3.63) is 34.3 Å². The van der Waals surface area contributed by atoms with Crippen LogP contribution in [0.15, 0.2) is 28.7 Å². The molecule has 1 atom stereocenters. The zero-order valence-corrected chi connectivity index (χ0v) is 9.50. The number of hydrogen-bond donors (Lipinski definition) is 1. The molecular formula is C10H12BrNO2. The highest BCUT2D eigenvalue weighted by atomic mass is 79.9. The maximum atomic E-state index is 11.0. The first-order valence-electron chi connectivity index (χ1n) is 4.33. The van der Waals surface area contributed by atoms with Crippen molar-refractivity contribution in [2.24, 2.45) is 0 Å². The van der Waals surface area contributed by atoms with E-state index in [0.29, 0.717) is 12.0 Å². The minimum atomic E-state index is -1.14. The Morgan fingerprint density at radius 3 is 2.36 bits per heavy atom. The van der Waals surface area contributed by atoms with E-state index in [4.69, 9.17) is 0 Å². The zero-order valence-electron chi connectivity index (χ0n) is 7.92. The average molecular weight is 258 g/mol. The first-order valence-corrected chi connectivity index (χ1v) is 5.13. The summed E-state index contributed by atoms with van der Waals surface area (Å²) in [6.45, 7) is 1.78. The molecule has 3 N–H and O–H groups in total. The lowest BCUT2D eigenvalue weighted by molar-refractivity contribution is -0.495. The SMILES string of the molecule is CC[C@]([NH3+])(C(=O)[O-])c1ccc(Br)cc1. The lowest BCUT2D eigenvalue weighted by Crippen LogP contribution is -2.76. The van der Waals surface area contributed by atoms with E-state index in [-0.39, 0.29) is 0 Å². The van der Waals surface area contributed by atoms with Gasteiger partial charge in [0.2, 0.25) is 0 Å². The molecule has 0 saturated carbocycles. The van der Waals surface area contributed by atoms with E-state index < -0.39 is 11.5 Å². The quantitative estimate of drug-likeness (QED) is 0.832. The van der Waals surface area contributed by atoms with Crippen LogP contribution in [0.4, 0.5) is 0 Å². The summed E-state index contributed by atoms with van der Waals surface area (Å²) in [7, 11) is 0. The third-order valence-electron chi connectivity index (χ3n) is 2.39. The van der Waals surface area contributed by atoms with Crippen molar-refractivity contribution in [3.8, 4) is 0 Å². The highest BCUT2D eigenvalue weighted by Crippen LogP contribution is 2.21. The molecule has 0 fully saturated rings. The number of benzene rings is 1. The standard InChI is InChI=1S/C10H12BrNO2/c1-2-10(12,9(13)14)7-3-5-8(11)6-4-7/h3-6H,2,12H2,1H3,(H,13,14)/t10-/m1/s1. The second-order valence-corrected chi connectivity index (χ2v) is 4.15. The molecule has 1 aromatic rings. The van der Waals surface area contributed by atoms with Crippen molar-refractivity contribution in [2.75, 3.05) is 0 Å². The molecule has 0 radical (unpaired) electrons. The number of rotatable bonds is 3. The summed E-state index contributed by atoms with van der Waals surface area (Å²) in [5.41, 5.74) is 3.24. The third kappa shape index (κ3) is 1.96. The summed E-state index contributed by atoms with van der Waals surface area (Å²) in [4.78, 5) is 11.0. The lowest BCUT2D eigenvalue weighted by Gasteiger charge is -2.25. The number of carbonyl (C=O) groups excluding carboxylic acids is 1. The van der Waals surface area contributed by atoms with Crippen LogP contribution in [0.2, 0.25) is 0 Å². The van der Waals surface area contributed by atoms with E-state index in [1.165, 1.54) is 0 Å². The summed E-state index contributed by atoms with van der Waals surface area (Å²) >= 11 is 3.29. The predicted octanol–water partition coefficient (Wildman–Crippen LogP) is 0.0462. The molecule has 76 valence electrons. The topological polar surface area (TPSA) is 67.8 Å². The maximum absolute atomic E-state index is 11.0. The first-order chi connectivity index (χ1) is 6.50. The number of hydrogen-bond acceptors (Lipinski definition) is 2. The number of carboxylic acid groups (broad SMARTS) is 1. The number of carbonyl (C=O) groups is 1. The summed E-state index contributed by atoms with van der Waals surface area (Å²) in [6, 6.07) is 7.09. The second-order valence-electron chi connectivity index (χ2n) is 3.23. The fourth-order valence-electron chi connectivity index (χ4n) is 1.24. The Hall–Kier alpha value is -0.870. The van der Waals surface area contributed by atoms with Gasteiger partial charge in [-0.05, 0) is 12.1 Å². The second kappa shape index (κ2) is 4.11. The van der Waals surface area contributed by atoms with Crippen LogP contribution >= 0.6 is 15.9 Å². The summed E-state index contributed by atoms with van der Waals surface area (Å²) in [6.07, 6.45) is 0.414. The Bertz CT molecular complexity index is 336. The molecule has 0 spiro atoms. The minimum absolute atomic E-state index is 0.414. The largest absolute Gasteiger partial charge is 0.543 e. The van der Waals surface area contributed by atoms with Crippen LogP contribution in [-0.2, 0) is 10.3 Å². The molecule has 0 heterocycles. The molecule has 0 aliphatic heterocycles. The van der Waals surface area contributed by atoms with Gasteiger partial charge in [-0.15, -0.1) is 0 Å². The molecule has 0 aliphatic rings. The van der Waals surface area contributed by atoms with E-state index in [1.807, 2.05) is 0 Å². The summed E-state index contributed by atoms with van der Waals surface area (Å²) in [5, 5.41) is 11.0. The first kappa shape index (κ1) is 11.2. The van der Waals surface area contributed by atoms with Crippen LogP contribution in [0.1, 0.15) is 18.9 Å². The van der Waals surface area contributed by atoms with Gasteiger partial charge in [0.25, 0.3) is 0 Å². The maximum Gasteiger partial charge on any atom is 0.160 e. The van der Waals surface area contributed by atoms with Crippen molar-refractivity contribution in [2.45, 2.75) is 18.9 Å². The van der Waals surface area contributed by atoms with Gasteiger partial charge in [0.1, 0.15) is 5.97 Å². The van der Waals surface area contributed by atoms with E-state index >= 15 is 0 Å². The Labute approximate surface area is 91.1 Å². The molecule has 3 nitrogen and oxygen atoms in total. The lowest BCUT2D eigenvalue weighted by atomic mass is 9.89. The van der Waals surface area contributed by atoms with Crippen molar-refractivity contribution >= 4 is 21.9 Å². The summed E-state index contributed by atoms with van der Waals surface area (Å²) in [5.74, 6) is -1.14. The Morgan fingerprint density at radius 2 is 2.00 bits per heavy atom. The van der Waals surface area contributed by atoms with Crippen LogP contribution < -0.4 is 10.8 Å². The van der Waals surface area contributed by atoms with Gasteiger partial charge in [0.05, 0.1) is 0 Å². The van der Waals surface area contributed by atoms with E-state index in [2.05, 4.69) is 21.7 Å². The molecule has 1 rings (SSSR count).